The van der Waals surface area contributed by atoms with Crippen molar-refractivity contribution in [2.24, 2.45) is 5.92 Å². The Balaban J connectivity index is 2.15. The van der Waals surface area contributed by atoms with Crippen molar-refractivity contribution < 1.29 is 14.6 Å². The fourth-order valence-electron chi connectivity index (χ4n) is 3.13. The second-order valence-electron chi connectivity index (χ2n) is 7.35. The Hall–Kier alpha value is -2.63. The van der Waals surface area contributed by atoms with Crippen molar-refractivity contribution >= 4 is 6.09 Å². The van der Waals surface area contributed by atoms with Crippen LogP contribution in [0.3, 0.4) is 0 Å². The number of benzene rings is 1. The highest BCUT2D eigenvalue weighted by molar-refractivity contribution is 5.65. The molecule has 2 N–H and O–H groups in total. The minimum Gasteiger partial charge on any atom is -0.491 e. The van der Waals surface area contributed by atoms with Gasteiger partial charge in [0, 0.05) is 11.8 Å². The van der Waals surface area contributed by atoms with Crippen LogP contribution < -0.4 is 10.1 Å². The minimum absolute atomic E-state index is 0.268. The minimum atomic E-state index is -1.04. The van der Waals surface area contributed by atoms with Crippen LogP contribution in [0, 0.1) is 19.8 Å². The number of carbonyl (C=O) groups is 1. The topological polar surface area (TPSA) is 84.3 Å². The molecule has 0 aliphatic heterocycles. The Bertz CT molecular complexity index is 777. The van der Waals surface area contributed by atoms with Gasteiger partial charge >= 0.3 is 6.09 Å². The SMILES string of the molecule is Cc1nccc(-c2ccc(OCC(C)(CC(C)C)NC(=O)O)c(C)c2)n1. The smallest absolute Gasteiger partial charge is 0.405 e. The number of hydrogen-bond donors (Lipinski definition) is 2. The van der Waals surface area contributed by atoms with Gasteiger partial charge in [0.25, 0.3) is 0 Å². The summed E-state index contributed by atoms with van der Waals surface area (Å²) in [6.45, 7) is 10.1. The van der Waals surface area contributed by atoms with Crippen LogP contribution in [-0.2, 0) is 0 Å². The van der Waals surface area contributed by atoms with Crippen LogP contribution >= 0.6 is 0 Å². The summed E-state index contributed by atoms with van der Waals surface area (Å²) in [6, 6.07) is 7.74. The molecule has 0 spiro atoms. The number of amides is 1. The number of carboxylic acid groups (broad SMARTS) is 1. The van der Waals surface area contributed by atoms with Gasteiger partial charge in [0.15, 0.2) is 0 Å². The van der Waals surface area contributed by atoms with Gasteiger partial charge in [0.05, 0.1) is 11.2 Å². The number of aryl methyl sites for hydroxylation is 2. The third-order valence-corrected chi connectivity index (χ3v) is 4.06. The summed E-state index contributed by atoms with van der Waals surface area (Å²) in [5.41, 5.74) is 2.19. The first-order valence-corrected chi connectivity index (χ1v) is 8.73. The number of aromatic nitrogens is 2. The predicted molar refractivity (Wildman–Crippen MR) is 101 cm³/mol. The number of nitrogens with zero attached hydrogens (tertiary/aromatic N) is 2. The third-order valence-electron chi connectivity index (χ3n) is 4.06. The Kier molecular flexibility index (Phi) is 6.18. The van der Waals surface area contributed by atoms with Crippen LogP contribution in [0.5, 0.6) is 5.75 Å². The van der Waals surface area contributed by atoms with Crippen molar-refractivity contribution in [1.82, 2.24) is 15.3 Å². The first kappa shape index (κ1) is 19.7. The lowest BCUT2D eigenvalue weighted by molar-refractivity contribution is 0.143. The zero-order chi connectivity index (χ0) is 19.3. The number of nitrogens with one attached hydrogen (secondary N) is 1. The molecule has 26 heavy (non-hydrogen) atoms. The fraction of sp³-hybridized carbons (Fsp3) is 0.450. The summed E-state index contributed by atoms with van der Waals surface area (Å²) >= 11 is 0. The maximum Gasteiger partial charge on any atom is 0.405 e. The maximum absolute atomic E-state index is 11.1. The molecule has 0 fully saturated rings. The second kappa shape index (κ2) is 8.17. The first-order valence-electron chi connectivity index (χ1n) is 8.73. The molecule has 1 amide bonds. The maximum atomic E-state index is 11.1. The molecule has 1 aromatic heterocycles. The standard InChI is InChI=1S/C20H27N3O3/c1-13(2)11-20(5,23-19(24)25)12-26-18-7-6-16(10-14(18)3)17-8-9-21-15(4)22-17/h6-10,13,23H,11-12H2,1-5H3,(H,24,25). The fourth-order valence-corrected chi connectivity index (χ4v) is 3.13. The van der Waals surface area contributed by atoms with Crippen LogP contribution in [0.25, 0.3) is 11.3 Å². The van der Waals surface area contributed by atoms with E-state index in [-0.39, 0.29) is 6.61 Å². The molecule has 1 unspecified atom stereocenters. The Morgan fingerprint density at radius 3 is 2.62 bits per heavy atom. The van der Waals surface area contributed by atoms with E-state index < -0.39 is 11.6 Å². The van der Waals surface area contributed by atoms with Gasteiger partial charge in [-0.25, -0.2) is 14.8 Å². The van der Waals surface area contributed by atoms with E-state index in [0.29, 0.717) is 12.3 Å². The summed E-state index contributed by atoms with van der Waals surface area (Å²) in [5, 5.41) is 11.7. The van der Waals surface area contributed by atoms with Crippen molar-refractivity contribution in [3.8, 4) is 17.0 Å². The molecule has 140 valence electrons. The van der Waals surface area contributed by atoms with Crippen LogP contribution in [0.1, 0.15) is 38.6 Å². The Labute approximate surface area is 154 Å². The van der Waals surface area contributed by atoms with E-state index in [4.69, 9.17) is 9.84 Å². The molecule has 0 saturated heterocycles. The highest BCUT2D eigenvalue weighted by Gasteiger charge is 2.28. The molecule has 6 nitrogen and oxygen atoms in total. The Morgan fingerprint density at radius 2 is 2.04 bits per heavy atom. The molecule has 1 atom stereocenters. The van der Waals surface area contributed by atoms with E-state index in [9.17, 15) is 4.79 Å². The van der Waals surface area contributed by atoms with Gasteiger partial charge in [-0.05, 0) is 62.9 Å². The average molecular weight is 357 g/mol. The summed E-state index contributed by atoms with van der Waals surface area (Å²) < 4.78 is 5.96. The van der Waals surface area contributed by atoms with Crippen LogP contribution in [0.15, 0.2) is 30.5 Å². The highest BCUT2D eigenvalue weighted by Crippen LogP contribution is 2.26. The van der Waals surface area contributed by atoms with Gasteiger partial charge in [-0.3, -0.25) is 0 Å². The second-order valence-corrected chi connectivity index (χ2v) is 7.35. The monoisotopic (exact) mass is 357 g/mol. The van der Waals surface area contributed by atoms with E-state index in [1.165, 1.54) is 0 Å². The van der Waals surface area contributed by atoms with Crippen LogP contribution in [-0.4, -0.2) is 33.3 Å². The molecule has 6 heteroatoms. The van der Waals surface area contributed by atoms with Crippen LogP contribution in [0.2, 0.25) is 0 Å². The predicted octanol–water partition coefficient (Wildman–Crippen LogP) is 4.21. The average Bonchev–Trinajstić information content (AvgIpc) is 2.52. The van der Waals surface area contributed by atoms with Gasteiger partial charge in [-0.15, -0.1) is 0 Å². The zero-order valence-electron chi connectivity index (χ0n) is 16.0. The molecule has 0 aliphatic rings. The van der Waals surface area contributed by atoms with Gasteiger partial charge in [-0.2, -0.15) is 0 Å². The van der Waals surface area contributed by atoms with Gasteiger partial charge in [-0.1, -0.05) is 13.8 Å². The largest absolute Gasteiger partial charge is 0.491 e. The van der Waals surface area contributed by atoms with Crippen molar-refractivity contribution in [2.75, 3.05) is 6.61 Å². The molecule has 0 aliphatic carbocycles. The third kappa shape index (κ3) is 5.44. The summed E-state index contributed by atoms with van der Waals surface area (Å²) in [7, 11) is 0. The number of ether oxygens (including phenoxy) is 1. The summed E-state index contributed by atoms with van der Waals surface area (Å²) in [5.74, 6) is 1.81. The number of rotatable bonds is 7. The van der Waals surface area contributed by atoms with E-state index in [1.807, 2.05) is 45.0 Å². The van der Waals surface area contributed by atoms with Crippen molar-refractivity contribution in [3.63, 3.8) is 0 Å². The van der Waals surface area contributed by atoms with Crippen molar-refractivity contribution in [2.45, 2.75) is 46.6 Å². The Morgan fingerprint density at radius 1 is 1.31 bits per heavy atom. The highest BCUT2D eigenvalue weighted by atomic mass is 16.5. The normalized spacial score (nSPS) is 13.3. The molecular formula is C20H27N3O3. The quantitative estimate of drug-likeness (QED) is 0.775. The zero-order valence-corrected chi connectivity index (χ0v) is 16.0. The lowest BCUT2D eigenvalue weighted by Crippen LogP contribution is -2.50. The molecule has 0 bridgehead atoms. The molecule has 1 heterocycles. The van der Waals surface area contributed by atoms with E-state index in [0.717, 1.165) is 28.4 Å². The molecule has 1 aromatic carbocycles. The molecule has 0 saturated carbocycles. The van der Waals surface area contributed by atoms with Crippen molar-refractivity contribution in [1.29, 1.82) is 0 Å². The summed E-state index contributed by atoms with van der Waals surface area (Å²) in [6.07, 6.45) is 1.39. The van der Waals surface area contributed by atoms with E-state index in [2.05, 4.69) is 29.1 Å². The number of hydrogen-bond acceptors (Lipinski definition) is 4. The molecular weight excluding hydrogens is 330 g/mol. The van der Waals surface area contributed by atoms with E-state index in [1.54, 1.807) is 6.20 Å². The van der Waals surface area contributed by atoms with Gasteiger partial charge < -0.3 is 15.2 Å². The van der Waals surface area contributed by atoms with Crippen LogP contribution in [0.4, 0.5) is 4.79 Å². The lowest BCUT2D eigenvalue weighted by atomic mass is 9.91. The lowest BCUT2D eigenvalue weighted by Gasteiger charge is -2.31. The molecule has 2 rings (SSSR count). The van der Waals surface area contributed by atoms with Gasteiger partial charge in [0.1, 0.15) is 18.2 Å². The van der Waals surface area contributed by atoms with E-state index >= 15 is 0 Å². The van der Waals surface area contributed by atoms with Gasteiger partial charge in [0.2, 0.25) is 0 Å². The van der Waals surface area contributed by atoms with Crippen molar-refractivity contribution in [3.05, 3.63) is 41.9 Å². The molecule has 0 radical (unpaired) electrons. The summed E-state index contributed by atoms with van der Waals surface area (Å²) in [4.78, 5) is 19.7. The molecule has 2 aromatic rings. The first-order chi connectivity index (χ1) is 12.2.